The molecule has 0 saturated carbocycles. The predicted octanol–water partition coefficient (Wildman–Crippen LogP) is 2.31. The van der Waals surface area contributed by atoms with E-state index < -0.39 is 30.5 Å². The summed E-state index contributed by atoms with van der Waals surface area (Å²) in [6.07, 6.45) is -3.54. The van der Waals surface area contributed by atoms with Gasteiger partial charge in [-0.05, 0) is 42.5 Å². The van der Waals surface area contributed by atoms with Crippen molar-refractivity contribution >= 4 is 11.9 Å². The largest absolute Gasteiger partial charge is 0.480 e. The van der Waals surface area contributed by atoms with Crippen molar-refractivity contribution in [1.29, 1.82) is 0 Å². The Labute approximate surface area is 119 Å². The second kappa shape index (κ2) is 5.75. The van der Waals surface area contributed by atoms with Gasteiger partial charge in [-0.2, -0.15) is 13.2 Å². The highest BCUT2D eigenvalue weighted by Gasteiger charge is 2.36. The van der Waals surface area contributed by atoms with Crippen molar-refractivity contribution < 1.29 is 27.9 Å². The van der Waals surface area contributed by atoms with E-state index >= 15 is 0 Å². The molecule has 2 rings (SSSR count). The van der Waals surface area contributed by atoms with Crippen molar-refractivity contribution in [2.24, 2.45) is 0 Å². The van der Waals surface area contributed by atoms with Crippen LogP contribution in [-0.4, -0.2) is 29.2 Å². The summed E-state index contributed by atoms with van der Waals surface area (Å²) in [6.45, 7) is 0. The lowest BCUT2D eigenvalue weighted by Crippen LogP contribution is -2.43. The SMILES string of the molecule is O=C(NC(CC(F)(F)F)C(=O)O)c1ccc2c(c1)CCC2. The van der Waals surface area contributed by atoms with Crippen molar-refractivity contribution in [1.82, 2.24) is 5.32 Å². The van der Waals surface area contributed by atoms with E-state index in [1.165, 1.54) is 6.07 Å². The summed E-state index contributed by atoms with van der Waals surface area (Å²) >= 11 is 0. The molecule has 1 aromatic carbocycles. The molecule has 1 atom stereocenters. The number of aryl methyl sites for hydroxylation is 2. The lowest BCUT2D eigenvalue weighted by molar-refractivity contribution is -0.157. The summed E-state index contributed by atoms with van der Waals surface area (Å²) in [6, 6.07) is 2.90. The summed E-state index contributed by atoms with van der Waals surface area (Å²) in [7, 11) is 0. The van der Waals surface area contributed by atoms with Gasteiger partial charge in [-0.15, -0.1) is 0 Å². The van der Waals surface area contributed by atoms with Crippen LogP contribution >= 0.6 is 0 Å². The highest BCUT2D eigenvalue weighted by atomic mass is 19.4. The smallest absolute Gasteiger partial charge is 0.391 e. The van der Waals surface area contributed by atoms with E-state index in [-0.39, 0.29) is 5.56 Å². The molecule has 0 saturated heterocycles. The van der Waals surface area contributed by atoms with Crippen LogP contribution < -0.4 is 5.32 Å². The van der Waals surface area contributed by atoms with E-state index in [1.54, 1.807) is 12.1 Å². The van der Waals surface area contributed by atoms with Gasteiger partial charge in [-0.1, -0.05) is 6.07 Å². The third kappa shape index (κ3) is 3.96. The average molecular weight is 301 g/mol. The van der Waals surface area contributed by atoms with E-state index in [0.717, 1.165) is 30.4 Å². The Bertz CT molecular complexity index is 569. The molecule has 7 heteroatoms. The number of nitrogens with one attached hydrogen (secondary N) is 1. The molecule has 114 valence electrons. The standard InChI is InChI=1S/C14H14F3NO3/c15-14(16,17)7-11(13(20)21)18-12(19)10-5-4-8-2-1-3-9(8)6-10/h4-6,11H,1-3,7H2,(H,18,19)(H,20,21). The zero-order valence-corrected chi connectivity index (χ0v) is 11.0. The number of rotatable bonds is 4. The van der Waals surface area contributed by atoms with E-state index in [4.69, 9.17) is 5.11 Å². The first-order valence-electron chi connectivity index (χ1n) is 6.48. The molecular weight excluding hydrogens is 287 g/mol. The molecular formula is C14H14F3NO3. The van der Waals surface area contributed by atoms with Gasteiger partial charge in [0.15, 0.2) is 0 Å². The number of carbonyl (C=O) groups is 2. The van der Waals surface area contributed by atoms with Gasteiger partial charge in [0.25, 0.3) is 5.91 Å². The second-order valence-electron chi connectivity index (χ2n) is 5.02. The van der Waals surface area contributed by atoms with Crippen molar-refractivity contribution in [2.75, 3.05) is 0 Å². The molecule has 21 heavy (non-hydrogen) atoms. The molecule has 0 bridgehead atoms. The minimum absolute atomic E-state index is 0.184. The van der Waals surface area contributed by atoms with E-state index in [2.05, 4.69) is 0 Å². The maximum Gasteiger partial charge on any atom is 0.391 e. The van der Waals surface area contributed by atoms with Gasteiger partial charge >= 0.3 is 12.1 Å². The Balaban J connectivity index is 2.10. The number of carboxylic acids is 1. The summed E-state index contributed by atoms with van der Waals surface area (Å²) in [5.74, 6) is -2.51. The van der Waals surface area contributed by atoms with Crippen molar-refractivity contribution in [3.8, 4) is 0 Å². The van der Waals surface area contributed by atoms with Gasteiger partial charge in [-0.25, -0.2) is 4.79 Å². The first-order chi connectivity index (χ1) is 9.76. The minimum atomic E-state index is -4.66. The Kier molecular flexibility index (Phi) is 4.20. The maximum atomic E-state index is 12.3. The lowest BCUT2D eigenvalue weighted by atomic mass is 10.1. The molecule has 1 unspecified atom stereocenters. The number of aliphatic carboxylic acids is 1. The number of fused-ring (bicyclic) bond motifs is 1. The van der Waals surface area contributed by atoms with Gasteiger partial charge < -0.3 is 10.4 Å². The summed E-state index contributed by atoms with van der Waals surface area (Å²) in [4.78, 5) is 22.7. The Morgan fingerprint density at radius 1 is 1.24 bits per heavy atom. The number of carboxylic acid groups (broad SMARTS) is 1. The molecule has 0 aliphatic heterocycles. The highest BCUT2D eigenvalue weighted by molar-refractivity contribution is 5.96. The van der Waals surface area contributed by atoms with Gasteiger partial charge in [0.05, 0.1) is 6.42 Å². The molecule has 2 N–H and O–H groups in total. The zero-order valence-electron chi connectivity index (χ0n) is 11.0. The maximum absolute atomic E-state index is 12.3. The van der Waals surface area contributed by atoms with E-state index in [9.17, 15) is 22.8 Å². The van der Waals surface area contributed by atoms with Crippen molar-refractivity contribution in [3.63, 3.8) is 0 Å². The van der Waals surface area contributed by atoms with Crippen LogP contribution in [-0.2, 0) is 17.6 Å². The Morgan fingerprint density at radius 3 is 2.52 bits per heavy atom. The Hall–Kier alpha value is -2.05. The normalized spacial score (nSPS) is 15.4. The fourth-order valence-electron chi connectivity index (χ4n) is 2.39. The quantitative estimate of drug-likeness (QED) is 0.897. The van der Waals surface area contributed by atoms with Crippen LogP contribution in [0.1, 0.15) is 34.3 Å². The first kappa shape index (κ1) is 15.3. The molecule has 0 aromatic heterocycles. The zero-order chi connectivity index (χ0) is 15.6. The minimum Gasteiger partial charge on any atom is -0.480 e. The van der Waals surface area contributed by atoms with Crippen LogP contribution in [0, 0.1) is 0 Å². The molecule has 1 aromatic rings. The fourth-order valence-corrected chi connectivity index (χ4v) is 2.39. The Morgan fingerprint density at radius 2 is 1.90 bits per heavy atom. The molecule has 0 radical (unpaired) electrons. The number of hydrogen-bond acceptors (Lipinski definition) is 2. The predicted molar refractivity (Wildman–Crippen MR) is 68.0 cm³/mol. The van der Waals surface area contributed by atoms with Crippen LogP contribution in [0.2, 0.25) is 0 Å². The average Bonchev–Trinajstić information content (AvgIpc) is 2.83. The van der Waals surface area contributed by atoms with Crippen LogP contribution in [0.3, 0.4) is 0 Å². The van der Waals surface area contributed by atoms with Crippen LogP contribution in [0.5, 0.6) is 0 Å². The molecule has 1 aliphatic rings. The number of carbonyl (C=O) groups excluding carboxylic acids is 1. The van der Waals surface area contributed by atoms with E-state index in [1.807, 2.05) is 5.32 Å². The van der Waals surface area contributed by atoms with Gasteiger partial charge in [-0.3, -0.25) is 4.79 Å². The lowest BCUT2D eigenvalue weighted by Gasteiger charge is -2.16. The highest BCUT2D eigenvalue weighted by Crippen LogP contribution is 2.24. The van der Waals surface area contributed by atoms with Gasteiger partial charge in [0, 0.05) is 5.56 Å². The number of hydrogen-bond donors (Lipinski definition) is 2. The van der Waals surface area contributed by atoms with Crippen LogP contribution in [0.4, 0.5) is 13.2 Å². The third-order valence-corrected chi connectivity index (χ3v) is 3.40. The second-order valence-corrected chi connectivity index (χ2v) is 5.02. The fraction of sp³-hybridized carbons (Fsp3) is 0.429. The molecule has 4 nitrogen and oxygen atoms in total. The number of benzene rings is 1. The number of halogens is 3. The van der Waals surface area contributed by atoms with Gasteiger partial charge in [0.1, 0.15) is 6.04 Å². The van der Waals surface area contributed by atoms with Crippen LogP contribution in [0.15, 0.2) is 18.2 Å². The molecule has 0 heterocycles. The first-order valence-corrected chi connectivity index (χ1v) is 6.48. The van der Waals surface area contributed by atoms with Gasteiger partial charge in [0.2, 0.25) is 0 Å². The van der Waals surface area contributed by atoms with Crippen molar-refractivity contribution in [2.45, 2.75) is 37.9 Å². The molecule has 0 spiro atoms. The van der Waals surface area contributed by atoms with Crippen LogP contribution in [0.25, 0.3) is 0 Å². The monoisotopic (exact) mass is 301 g/mol. The van der Waals surface area contributed by atoms with Crippen molar-refractivity contribution in [3.05, 3.63) is 34.9 Å². The summed E-state index contributed by atoms with van der Waals surface area (Å²) in [5, 5.41) is 10.7. The number of amides is 1. The molecule has 1 aliphatic carbocycles. The third-order valence-electron chi connectivity index (χ3n) is 3.40. The topological polar surface area (TPSA) is 66.4 Å². The van der Waals surface area contributed by atoms with E-state index in [0.29, 0.717) is 0 Å². The summed E-state index contributed by atoms with van der Waals surface area (Å²) < 4.78 is 36.9. The molecule has 1 amide bonds. The number of alkyl halides is 3. The summed E-state index contributed by atoms with van der Waals surface area (Å²) in [5.41, 5.74) is 2.30. The molecule has 0 fully saturated rings.